The van der Waals surface area contributed by atoms with E-state index >= 15 is 0 Å². The van der Waals surface area contributed by atoms with Crippen molar-refractivity contribution in [3.8, 4) is 11.6 Å². The van der Waals surface area contributed by atoms with Gasteiger partial charge >= 0.3 is 0 Å². The molecule has 3 aromatic heterocycles. The van der Waals surface area contributed by atoms with E-state index in [0.29, 0.717) is 6.54 Å². The van der Waals surface area contributed by atoms with Crippen molar-refractivity contribution in [3.05, 3.63) is 61.1 Å². The van der Waals surface area contributed by atoms with E-state index in [1.165, 1.54) is 5.56 Å². The van der Waals surface area contributed by atoms with Gasteiger partial charge in [0.25, 0.3) is 0 Å². The molecule has 0 spiro atoms. The fourth-order valence-corrected chi connectivity index (χ4v) is 3.02. The number of thioether (sulfide) groups is 1. The molecule has 0 unspecified atom stereocenters. The molecule has 3 aromatic rings. The zero-order valence-corrected chi connectivity index (χ0v) is 12.9. The number of allylic oxidation sites excluding steroid dienone is 1. The van der Waals surface area contributed by atoms with Crippen molar-refractivity contribution < 1.29 is 4.42 Å². The van der Waals surface area contributed by atoms with E-state index in [1.54, 1.807) is 18.0 Å². The van der Waals surface area contributed by atoms with Gasteiger partial charge in [0, 0.05) is 24.7 Å². The van der Waals surface area contributed by atoms with E-state index in [0.717, 1.165) is 28.9 Å². The minimum absolute atomic E-state index is 0.653. The van der Waals surface area contributed by atoms with Crippen molar-refractivity contribution in [3.63, 3.8) is 0 Å². The summed E-state index contributed by atoms with van der Waals surface area (Å²) in [4.78, 5) is 4.03. The molecule has 0 aliphatic rings. The summed E-state index contributed by atoms with van der Waals surface area (Å²) < 4.78 is 7.44. The van der Waals surface area contributed by atoms with Gasteiger partial charge < -0.3 is 4.42 Å². The molecule has 0 bridgehead atoms. The smallest absolute Gasteiger partial charge is 0.200 e. The summed E-state index contributed by atoms with van der Waals surface area (Å²) in [6.07, 6.45) is 8.07. The average molecular weight is 312 g/mol. The summed E-state index contributed by atoms with van der Waals surface area (Å²) in [5.74, 6) is 2.38. The van der Waals surface area contributed by atoms with Crippen molar-refractivity contribution in [1.29, 1.82) is 0 Å². The first-order chi connectivity index (χ1) is 10.9. The van der Waals surface area contributed by atoms with Crippen molar-refractivity contribution in [2.45, 2.75) is 18.1 Å². The van der Waals surface area contributed by atoms with Crippen molar-refractivity contribution in [2.75, 3.05) is 5.75 Å². The lowest BCUT2D eigenvalue weighted by Crippen LogP contribution is -2.01. The first kappa shape index (κ1) is 14.6. The molecule has 0 fully saturated rings. The Morgan fingerprint density at radius 1 is 1.23 bits per heavy atom. The molecule has 0 radical (unpaired) electrons. The van der Waals surface area contributed by atoms with Gasteiger partial charge in [0.2, 0.25) is 5.82 Å². The van der Waals surface area contributed by atoms with Crippen LogP contribution in [0.1, 0.15) is 5.56 Å². The fraction of sp³-hybridized carbons (Fsp3) is 0.188. The Kier molecular flexibility index (Phi) is 4.70. The SMILES string of the molecule is C=CCn1c(SCCc2ccncc2)nnc1-c1ccco1. The van der Waals surface area contributed by atoms with Crippen molar-refractivity contribution in [2.24, 2.45) is 0 Å². The lowest BCUT2D eigenvalue weighted by molar-refractivity contribution is 0.569. The molecule has 0 N–H and O–H groups in total. The van der Waals surface area contributed by atoms with Crippen LogP contribution in [0.15, 0.2) is 65.2 Å². The van der Waals surface area contributed by atoms with Crippen LogP contribution in [-0.4, -0.2) is 25.5 Å². The molecule has 6 heteroatoms. The molecule has 3 rings (SSSR count). The van der Waals surface area contributed by atoms with Crippen LogP contribution in [0.25, 0.3) is 11.6 Å². The molecule has 3 heterocycles. The van der Waals surface area contributed by atoms with Crippen LogP contribution in [0.4, 0.5) is 0 Å². The van der Waals surface area contributed by atoms with E-state index in [2.05, 4.69) is 21.8 Å². The highest BCUT2D eigenvalue weighted by Crippen LogP contribution is 2.24. The molecule has 0 aliphatic carbocycles. The predicted molar refractivity (Wildman–Crippen MR) is 86.6 cm³/mol. The Bertz CT molecular complexity index is 722. The first-order valence-corrected chi connectivity index (χ1v) is 7.96. The Balaban J connectivity index is 1.72. The third-order valence-corrected chi connectivity index (χ3v) is 4.11. The van der Waals surface area contributed by atoms with Crippen LogP contribution in [0, 0.1) is 0 Å². The maximum Gasteiger partial charge on any atom is 0.200 e. The number of pyridine rings is 1. The molecule has 0 saturated carbocycles. The molecule has 22 heavy (non-hydrogen) atoms. The van der Waals surface area contributed by atoms with Gasteiger partial charge in [-0.05, 0) is 36.2 Å². The summed E-state index contributed by atoms with van der Waals surface area (Å²) in [5.41, 5.74) is 1.27. The van der Waals surface area contributed by atoms with Crippen LogP contribution >= 0.6 is 11.8 Å². The minimum Gasteiger partial charge on any atom is -0.461 e. The summed E-state index contributed by atoms with van der Waals surface area (Å²) in [7, 11) is 0. The molecular weight excluding hydrogens is 296 g/mol. The Morgan fingerprint density at radius 2 is 2.09 bits per heavy atom. The van der Waals surface area contributed by atoms with Gasteiger partial charge in [-0.2, -0.15) is 0 Å². The second-order valence-electron chi connectivity index (χ2n) is 4.64. The third-order valence-electron chi connectivity index (χ3n) is 3.14. The maximum atomic E-state index is 5.42. The monoisotopic (exact) mass is 312 g/mol. The number of nitrogens with zero attached hydrogens (tertiary/aromatic N) is 4. The lowest BCUT2D eigenvalue weighted by Gasteiger charge is -2.06. The molecule has 112 valence electrons. The van der Waals surface area contributed by atoms with Crippen molar-refractivity contribution >= 4 is 11.8 Å². The van der Waals surface area contributed by atoms with Crippen molar-refractivity contribution in [1.82, 2.24) is 19.7 Å². The van der Waals surface area contributed by atoms with E-state index in [1.807, 2.05) is 47.3 Å². The molecular formula is C16H16N4OS. The second-order valence-corrected chi connectivity index (χ2v) is 5.70. The lowest BCUT2D eigenvalue weighted by atomic mass is 10.2. The number of aromatic nitrogens is 4. The third kappa shape index (κ3) is 3.28. The maximum absolute atomic E-state index is 5.42. The van der Waals surface area contributed by atoms with Gasteiger partial charge in [-0.3, -0.25) is 9.55 Å². The Morgan fingerprint density at radius 3 is 2.82 bits per heavy atom. The second kappa shape index (κ2) is 7.09. The van der Waals surface area contributed by atoms with Gasteiger partial charge in [-0.1, -0.05) is 17.8 Å². The summed E-state index contributed by atoms with van der Waals surface area (Å²) in [6, 6.07) is 7.79. The van der Waals surface area contributed by atoms with Gasteiger partial charge in [0.15, 0.2) is 10.9 Å². The highest BCUT2D eigenvalue weighted by Gasteiger charge is 2.15. The average Bonchev–Trinajstić information content (AvgIpc) is 3.19. The Hall–Kier alpha value is -2.34. The minimum atomic E-state index is 0.653. The molecule has 5 nitrogen and oxygen atoms in total. The van der Waals surface area contributed by atoms with E-state index in [9.17, 15) is 0 Å². The zero-order valence-electron chi connectivity index (χ0n) is 12.1. The highest BCUT2D eigenvalue weighted by molar-refractivity contribution is 7.99. The molecule has 0 saturated heterocycles. The number of rotatable bonds is 7. The number of hydrogen-bond acceptors (Lipinski definition) is 5. The largest absolute Gasteiger partial charge is 0.461 e. The van der Waals surface area contributed by atoms with Crippen LogP contribution in [0.3, 0.4) is 0 Å². The number of furan rings is 1. The molecule has 0 aromatic carbocycles. The molecule has 0 atom stereocenters. The van der Waals surface area contributed by atoms with Gasteiger partial charge in [-0.15, -0.1) is 16.8 Å². The highest BCUT2D eigenvalue weighted by atomic mass is 32.2. The summed E-state index contributed by atoms with van der Waals surface area (Å²) in [5, 5.41) is 9.40. The van der Waals surface area contributed by atoms with Crippen LogP contribution in [-0.2, 0) is 13.0 Å². The quantitative estimate of drug-likeness (QED) is 0.494. The van der Waals surface area contributed by atoms with Crippen LogP contribution < -0.4 is 0 Å². The topological polar surface area (TPSA) is 56.7 Å². The van der Waals surface area contributed by atoms with Gasteiger partial charge in [-0.25, -0.2) is 0 Å². The first-order valence-electron chi connectivity index (χ1n) is 6.98. The standard InChI is InChI=1S/C16H16N4OS/c1-2-10-20-15(14-4-3-11-21-14)18-19-16(20)22-12-7-13-5-8-17-9-6-13/h2-6,8-9,11H,1,7,10,12H2. The number of aryl methyl sites for hydroxylation is 1. The number of hydrogen-bond donors (Lipinski definition) is 0. The van der Waals surface area contributed by atoms with Crippen LogP contribution in [0.2, 0.25) is 0 Å². The fourth-order valence-electron chi connectivity index (χ4n) is 2.09. The summed E-state index contributed by atoms with van der Waals surface area (Å²) >= 11 is 1.68. The zero-order chi connectivity index (χ0) is 15.2. The summed E-state index contributed by atoms with van der Waals surface area (Å²) in [6.45, 7) is 4.46. The molecule has 0 amide bonds. The van der Waals surface area contributed by atoms with Gasteiger partial charge in [0.05, 0.1) is 6.26 Å². The Labute approximate surface area is 133 Å². The van der Waals surface area contributed by atoms with E-state index in [4.69, 9.17) is 4.42 Å². The predicted octanol–water partition coefficient (Wildman–Crippen LogP) is 3.45. The van der Waals surface area contributed by atoms with Gasteiger partial charge in [0.1, 0.15) is 0 Å². The van der Waals surface area contributed by atoms with E-state index in [-0.39, 0.29) is 0 Å². The van der Waals surface area contributed by atoms with Crippen LogP contribution in [0.5, 0.6) is 0 Å². The van der Waals surface area contributed by atoms with E-state index < -0.39 is 0 Å². The molecule has 0 aliphatic heterocycles. The normalized spacial score (nSPS) is 10.7.